The van der Waals surface area contributed by atoms with Gasteiger partial charge in [-0.1, -0.05) is 0 Å². The molecule has 0 N–H and O–H groups in total. The van der Waals surface area contributed by atoms with Gasteiger partial charge in [-0.3, -0.25) is 0 Å². The molecule has 1 aliphatic heterocycles. The summed E-state index contributed by atoms with van der Waals surface area (Å²) in [6.45, 7) is 0.898. The molecule has 62 valence electrons. The van der Waals surface area contributed by atoms with Crippen molar-refractivity contribution in [2.45, 2.75) is 18.9 Å². The molecule has 1 unspecified atom stereocenters. The van der Waals surface area contributed by atoms with E-state index in [9.17, 15) is 17.6 Å². The molecule has 11 heavy (non-hydrogen) atoms. The van der Waals surface area contributed by atoms with Crippen molar-refractivity contribution in [2.75, 3.05) is 0 Å². The summed E-state index contributed by atoms with van der Waals surface area (Å²) < 4.78 is 47.7. The first-order valence-electron chi connectivity index (χ1n) is 2.73. The molecule has 0 saturated heterocycles. The van der Waals surface area contributed by atoms with Crippen molar-refractivity contribution in [3.05, 3.63) is 11.8 Å². The first-order valence-corrected chi connectivity index (χ1v) is 2.73. The van der Waals surface area contributed by atoms with Crippen molar-refractivity contribution in [2.24, 2.45) is 10.2 Å². The van der Waals surface area contributed by atoms with Gasteiger partial charge >= 0.3 is 6.18 Å². The molecule has 0 aromatic heterocycles. The Morgan fingerprint density at radius 3 is 2.18 bits per heavy atom. The molecule has 0 saturated carbocycles. The molecule has 0 aromatic carbocycles. The lowest BCUT2D eigenvalue weighted by molar-refractivity contribution is -0.0926. The lowest BCUT2D eigenvalue weighted by Crippen LogP contribution is -2.11. The fourth-order valence-electron chi connectivity index (χ4n) is 0.597. The van der Waals surface area contributed by atoms with Gasteiger partial charge in [0.25, 0.3) is 0 Å². The maximum atomic E-state index is 12.6. The smallest absolute Gasteiger partial charge is 0.212 e. The van der Waals surface area contributed by atoms with Crippen LogP contribution in [0.3, 0.4) is 0 Å². The highest BCUT2D eigenvalue weighted by molar-refractivity contribution is 5.16. The SMILES string of the molecule is CC1(F)C=C(C(F)(F)F)N=N1. The van der Waals surface area contributed by atoms with E-state index in [1.165, 1.54) is 0 Å². The molecule has 1 aliphatic rings. The average molecular weight is 168 g/mol. The summed E-state index contributed by atoms with van der Waals surface area (Å²) in [5, 5.41) is 5.41. The van der Waals surface area contributed by atoms with Crippen LogP contribution in [0.1, 0.15) is 6.92 Å². The lowest BCUT2D eigenvalue weighted by Gasteiger charge is -2.02. The summed E-state index contributed by atoms with van der Waals surface area (Å²) in [7, 11) is 0. The van der Waals surface area contributed by atoms with Crippen molar-refractivity contribution >= 4 is 0 Å². The molecule has 1 rings (SSSR count). The summed E-state index contributed by atoms with van der Waals surface area (Å²) in [5.41, 5.74) is -1.28. The van der Waals surface area contributed by atoms with Gasteiger partial charge in [-0.25, -0.2) is 4.39 Å². The van der Waals surface area contributed by atoms with Gasteiger partial charge in [0, 0.05) is 6.08 Å². The van der Waals surface area contributed by atoms with Crippen LogP contribution < -0.4 is 0 Å². The summed E-state index contributed by atoms with van der Waals surface area (Å²) in [5.74, 6) is -2.30. The zero-order valence-electron chi connectivity index (χ0n) is 5.48. The third-order valence-corrected chi connectivity index (χ3v) is 1.04. The van der Waals surface area contributed by atoms with Gasteiger partial charge in [0.05, 0.1) is 0 Å². The first kappa shape index (κ1) is 8.16. The number of halogens is 4. The molecular formula is C5H4F4N2. The molecule has 0 radical (unpaired) electrons. The Labute approximate surface area is 59.6 Å². The van der Waals surface area contributed by atoms with Crippen molar-refractivity contribution in [3.8, 4) is 0 Å². The zero-order valence-corrected chi connectivity index (χ0v) is 5.48. The maximum absolute atomic E-state index is 12.6. The van der Waals surface area contributed by atoms with Crippen LogP contribution in [0.15, 0.2) is 22.0 Å². The third kappa shape index (κ3) is 1.75. The molecule has 1 heterocycles. The Morgan fingerprint density at radius 1 is 1.45 bits per heavy atom. The fourth-order valence-corrected chi connectivity index (χ4v) is 0.597. The van der Waals surface area contributed by atoms with Crippen LogP contribution in [-0.2, 0) is 0 Å². The van der Waals surface area contributed by atoms with Gasteiger partial charge in [0.1, 0.15) is 0 Å². The van der Waals surface area contributed by atoms with Crippen LogP contribution >= 0.6 is 0 Å². The summed E-state index contributed by atoms with van der Waals surface area (Å²) in [6, 6.07) is 0. The molecule has 6 heteroatoms. The van der Waals surface area contributed by atoms with Gasteiger partial charge in [-0.15, -0.1) is 10.2 Å². The van der Waals surface area contributed by atoms with E-state index in [0.717, 1.165) is 6.92 Å². The standard InChI is InChI=1S/C5H4F4N2/c1-4(6)2-3(10-11-4)5(7,8)9/h2H,1H3. The van der Waals surface area contributed by atoms with E-state index in [0.29, 0.717) is 6.08 Å². The van der Waals surface area contributed by atoms with E-state index in [2.05, 4.69) is 10.2 Å². The molecule has 1 atom stereocenters. The largest absolute Gasteiger partial charge is 0.435 e. The molecule has 2 nitrogen and oxygen atoms in total. The van der Waals surface area contributed by atoms with Crippen LogP contribution in [0.2, 0.25) is 0 Å². The van der Waals surface area contributed by atoms with E-state index in [1.54, 1.807) is 0 Å². The van der Waals surface area contributed by atoms with Gasteiger partial charge in [-0.2, -0.15) is 13.2 Å². The number of nitrogens with zero attached hydrogens (tertiary/aromatic N) is 2. The lowest BCUT2D eigenvalue weighted by atomic mass is 10.2. The molecule has 0 bridgehead atoms. The number of alkyl halides is 4. The topological polar surface area (TPSA) is 24.7 Å². The number of hydrogen-bond acceptors (Lipinski definition) is 2. The highest BCUT2D eigenvalue weighted by Crippen LogP contribution is 2.35. The number of rotatable bonds is 0. The van der Waals surface area contributed by atoms with Gasteiger partial charge in [0.15, 0.2) is 5.70 Å². The van der Waals surface area contributed by atoms with Crippen molar-refractivity contribution in [1.82, 2.24) is 0 Å². The quantitative estimate of drug-likeness (QED) is 0.392. The maximum Gasteiger partial charge on any atom is 0.435 e. The first-order chi connectivity index (χ1) is 4.81. The third-order valence-electron chi connectivity index (χ3n) is 1.04. The predicted molar refractivity (Wildman–Crippen MR) is 28.5 cm³/mol. The summed E-state index contributed by atoms with van der Waals surface area (Å²) in [6.07, 6.45) is -4.26. The van der Waals surface area contributed by atoms with Crippen LogP contribution in [-0.4, -0.2) is 12.0 Å². The van der Waals surface area contributed by atoms with Crippen LogP contribution in [0, 0.1) is 0 Å². The fraction of sp³-hybridized carbons (Fsp3) is 0.600. The Kier molecular flexibility index (Phi) is 1.50. The number of allylic oxidation sites excluding steroid dienone is 1. The number of hydrogen-bond donors (Lipinski definition) is 0. The zero-order chi connectivity index (χ0) is 8.70. The van der Waals surface area contributed by atoms with Crippen molar-refractivity contribution < 1.29 is 17.6 Å². The molecule has 0 aromatic rings. The van der Waals surface area contributed by atoms with E-state index < -0.39 is 17.7 Å². The van der Waals surface area contributed by atoms with Gasteiger partial charge in [-0.05, 0) is 6.92 Å². The molecule has 0 spiro atoms. The molecule has 0 aliphatic carbocycles. The van der Waals surface area contributed by atoms with Gasteiger partial charge in [0.2, 0.25) is 5.79 Å². The second kappa shape index (κ2) is 2.02. The van der Waals surface area contributed by atoms with Crippen molar-refractivity contribution in [1.29, 1.82) is 0 Å². The van der Waals surface area contributed by atoms with Crippen LogP contribution in [0.25, 0.3) is 0 Å². The van der Waals surface area contributed by atoms with E-state index in [-0.39, 0.29) is 0 Å². The van der Waals surface area contributed by atoms with Crippen LogP contribution in [0.4, 0.5) is 17.6 Å². The van der Waals surface area contributed by atoms with Crippen molar-refractivity contribution in [3.63, 3.8) is 0 Å². The summed E-state index contributed by atoms with van der Waals surface area (Å²) in [4.78, 5) is 0. The highest BCUT2D eigenvalue weighted by atomic mass is 19.4. The second-order valence-corrected chi connectivity index (χ2v) is 2.25. The second-order valence-electron chi connectivity index (χ2n) is 2.25. The highest BCUT2D eigenvalue weighted by Gasteiger charge is 2.40. The minimum atomic E-state index is -4.60. The summed E-state index contributed by atoms with van der Waals surface area (Å²) >= 11 is 0. The Morgan fingerprint density at radius 2 is 2.00 bits per heavy atom. The molecular weight excluding hydrogens is 164 g/mol. The molecule has 0 amide bonds. The average Bonchev–Trinajstić information content (AvgIpc) is 2.07. The van der Waals surface area contributed by atoms with Crippen LogP contribution in [0.5, 0.6) is 0 Å². The Bertz CT molecular complexity index is 225. The predicted octanol–water partition coefficient (Wildman–Crippen LogP) is 2.58. The normalized spacial score (nSPS) is 30.8. The van der Waals surface area contributed by atoms with E-state index in [4.69, 9.17) is 0 Å². The van der Waals surface area contributed by atoms with E-state index >= 15 is 0 Å². The Hall–Kier alpha value is -0.940. The minimum Gasteiger partial charge on any atom is -0.212 e. The molecule has 0 fully saturated rings. The number of azo groups is 1. The van der Waals surface area contributed by atoms with Gasteiger partial charge < -0.3 is 0 Å². The Balaban J connectivity index is 2.89. The minimum absolute atomic E-state index is 0.340. The monoisotopic (exact) mass is 168 g/mol. The van der Waals surface area contributed by atoms with E-state index in [1.807, 2.05) is 0 Å².